The minimum absolute atomic E-state index is 0.0510. The number of aryl methyl sites for hydroxylation is 2. The van der Waals surface area contributed by atoms with Gasteiger partial charge in [0.25, 0.3) is 0 Å². The van der Waals surface area contributed by atoms with Crippen LogP contribution in [0.3, 0.4) is 0 Å². The molecule has 0 saturated carbocycles. The number of amides is 1. The Balaban J connectivity index is 1.96. The molecule has 1 aromatic carbocycles. The van der Waals surface area contributed by atoms with Crippen LogP contribution in [0.25, 0.3) is 0 Å². The van der Waals surface area contributed by atoms with Crippen LogP contribution in [0.1, 0.15) is 30.8 Å². The highest BCUT2D eigenvalue weighted by Gasteiger charge is 2.10. The Bertz CT molecular complexity index is 675. The van der Waals surface area contributed by atoms with Gasteiger partial charge in [0.1, 0.15) is 0 Å². The molecule has 0 aliphatic carbocycles. The van der Waals surface area contributed by atoms with Crippen LogP contribution in [0, 0.1) is 6.92 Å². The van der Waals surface area contributed by atoms with Gasteiger partial charge in [-0.05, 0) is 44.5 Å². The third kappa shape index (κ3) is 4.75. The van der Waals surface area contributed by atoms with E-state index in [0.29, 0.717) is 31.3 Å². The SMILES string of the molecule is CCOc1ccc(CC(=O)NCc2cc(C)n(C)n2)cc1OCC. The molecule has 0 aliphatic heterocycles. The van der Waals surface area contributed by atoms with Gasteiger partial charge in [0.2, 0.25) is 5.91 Å². The summed E-state index contributed by atoms with van der Waals surface area (Å²) in [6.45, 7) is 7.38. The molecule has 0 unspecified atom stereocenters. The highest BCUT2D eigenvalue weighted by Crippen LogP contribution is 2.28. The number of ether oxygens (including phenoxy) is 2. The van der Waals surface area contributed by atoms with Crippen LogP contribution in [-0.2, 0) is 24.8 Å². The minimum atomic E-state index is -0.0510. The van der Waals surface area contributed by atoms with Gasteiger partial charge < -0.3 is 14.8 Å². The molecule has 0 saturated heterocycles. The summed E-state index contributed by atoms with van der Waals surface area (Å²) in [4.78, 5) is 12.1. The fraction of sp³-hybridized carbons (Fsp3) is 0.444. The monoisotopic (exact) mass is 331 g/mol. The van der Waals surface area contributed by atoms with Crippen LogP contribution < -0.4 is 14.8 Å². The summed E-state index contributed by atoms with van der Waals surface area (Å²) in [6, 6.07) is 7.56. The van der Waals surface area contributed by atoms with E-state index in [1.54, 1.807) is 4.68 Å². The predicted molar refractivity (Wildman–Crippen MR) is 92.3 cm³/mol. The summed E-state index contributed by atoms with van der Waals surface area (Å²) < 4.78 is 12.9. The maximum absolute atomic E-state index is 12.1. The highest BCUT2D eigenvalue weighted by molar-refractivity contribution is 5.78. The zero-order valence-electron chi connectivity index (χ0n) is 14.8. The second kappa shape index (κ2) is 8.38. The zero-order chi connectivity index (χ0) is 17.5. The normalized spacial score (nSPS) is 10.5. The van der Waals surface area contributed by atoms with Crippen molar-refractivity contribution in [3.05, 3.63) is 41.2 Å². The van der Waals surface area contributed by atoms with Crippen LogP contribution in [0.5, 0.6) is 11.5 Å². The van der Waals surface area contributed by atoms with Crippen LogP contribution in [0.4, 0.5) is 0 Å². The van der Waals surface area contributed by atoms with Crippen molar-refractivity contribution in [1.29, 1.82) is 0 Å². The Hall–Kier alpha value is -2.50. The predicted octanol–water partition coefficient (Wildman–Crippen LogP) is 2.38. The van der Waals surface area contributed by atoms with Gasteiger partial charge in [-0.2, -0.15) is 5.10 Å². The summed E-state index contributed by atoms with van der Waals surface area (Å²) in [5, 5.41) is 7.22. The van der Waals surface area contributed by atoms with Crippen molar-refractivity contribution < 1.29 is 14.3 Å². The second-order valence-electron chi connectivity index (χ2n) is 5.50. The van der Waals surface area contributed by atoms with Gasteiger partial charge in [-0.3, -0.25) is 9.48 Å². The molecule has 1 heterocycles. The lowest BCUT2D eigenvalue weighted by atomic mass is 10.1. The number of hydrogen-bond acceptors (Lipinski definition) is 4. The van der Waals surface area contributed by atoms with Crippen molar-refractivity contribution in [1.82, 2.24) is 15.1 Å². The molecule has 1 amide bonds. The van der Waals surface area contributed by atoms with Gasteiger partial charge in [-0.15, -0.1) is 0 Å². The Morgan fingerprint density at radius 1 is 1.17 bits per heavy atom. The number of aromatic nitrogens is 2. The average molecular weight is 331 g/mol. The van der Waals surface area contributed by atoms with Crippen molar-refractivity contribution in [2.75, 3.05) is 13.2 Å². The van der Waals surface area contributed by atoms with E-state index >= 15 is 0 Å². The number of hydrogen-bond donors (Lipinski definition) is 1. The maximum Gasteiger partial charge on any atom is 0.224 e. The standard InChI is InChI=1S/C18H25N3O3/c1-5-23-16-8-7-14(10-17(16)24-6-2)11-18(22)19-12-15-9-13(3)21(4)20-15/h7-10H,5-6,11-12H2,1-4H3,(H,19,22). The lowest BCUT2D eigenvalue weighted by molar-refractivity contribution is -0.120. The number of rotatable bonds is 8. The van der Waals surface area contributed by atoms with Gasteiger partial charge >= 0.3 is 0 Å². The first-order chi connectivity index (χ1) is 11.5. The van der Waals surface area contributed by atoms with Crippen LogP contribution in [-0.4, -0.2) is 28.9 Å². The number of carbonyl (C=O) groups excluding carboxylic acids is 1. The van der Waals surface area contributed by atoms with Crippen molar-refractivity contribution >= 4 is 5.91 Å². The number of carbonyl (C=O) groups is 1. The average Bonchev–Trinajstić information content (AvgIpc) is 2.87. The molecule has 0 radical (unpaired) electrons. The molecule has 130 valence electrons. The van der Waals surface area contributed by atoms with Gasteiger partial charge in [0.15, 0.2) is 11.5 Å². The summed E-state index contributed by atoms with van der Waals surface area (Å²) in [7, 11) is 1.88. The lowest BCUT2D eigenvalue weighted by Crippen LogP contribution is -2.24. The molecule has 2 aromatic rings. The van der Waals surface area contributed by atoms with E-state index in [1.807, 2.05) is 52.1 Å². The summed E-state index contributed by atoms with van der Waals surface area (Å²) in [6.07, 6.45) is 0.290. The van der Waals surface area contributed by atoms with E-state index in [2.05, 4.69) is 10.4 Å². The van der Waals surface area contributed by atoms with Crippen LogP contribution in [0.2, 0.25) is 0 Å². The molecule has 0 bridgehead atoms. The Kier molecular flexibility index (Phi) is 6.23. The van der Waals surface area contributed by atoms with Crippen molar-refractivity contribution in [3.63, 3.8) is 0 Å². The number of nitrogens with zero attached hydrogens (tertiary/aromatic N) is 2. The molecule has 1 N–H and O–H groups in total. The largest absolute Gasteiger partial charge is 0.490 e. The van der Waals surface area contributed by atoms with E-state index in [-0.39, 0.29) is 12.3 Å². The van der Waals surface area contributed by atoms with E-state index in [1.165, 1.54) is 0 Å². The van der Waals surface area contributed by atoms with E-state index in [0.717, 1.165) is 17.0 Å². The third-order valence-corrected chi connectivity index (χ3v) is 3.60. The maximum atomic E-state index is 12.1. The van der Waals surface area contributed by atoms with Crippen molar-refractivity contribution in [2.24, 2.45) is 7.05 Å². The molecular formula is C18H25N3O3. The topological polar surface area (TPSA) is 65.4 Å². The highest BCUT2D eigenvalue weighted by atomic mass is 16.5. The zero-order valence-corrected chi connectivity index (χ0v) is 14.8. The lowest BCUT2D eigenvalue weighted by Gasteiger charge is -2.12. The Morgan fingerprint density at radius 2 is 1.88 bits per heavy atom. The van der Waals surface area contributed by atoms with E-state index in [4.69, 9.17) is 9.47 Å². The van der Waals surface area contributed by atoms with E-state index < -0.39 is 0 Å². The second-order valence-corrected chi connectivity index (χ2v) is 5.50. The van der Waals surface area contributed by atoms with Gasteiger partial charge in [0, 0.05) is 12.7 Å². The minimum Gasteiger partial charge on any atom is -0.490 e. The molecule has 24 heavy (non-hydrogen) atoms. The first-order valence-electron chi connectivity index (χ1n) is 8.18. The first kappa shape index (κ1) is 17.8. The van der Waals surface area contributed by atoms with Crippen molar-refractivity contribution in [2.45, 2.75) is 33.7 Å². The quantitative estimate of drug-likeness (QED) is 0.806. The van der Waals surface area contributed by atoms with Crippen LogP contribution >= 0.6 is 0 Å². The summed E-state index contributed by atoms with van der Waals surface area (Å²) in [5.74, 6) is 1.32. The molecule has 6 nitrogen and oxygen atoms in total. The molecule has 6 heteroatoms. The summed E-state index contributed by atoms with van der Waals surface area (Å²) >= 11 is 0. The molecule has 0 aliphatic rings. The molecule has 2 rings (SSSR count). The first-order valence-corrected chi connectivity index (χ1v) is 8.18. The fourth-order valence-corrected chi connectivity index (χ4v) is 2.36. The van der Waals surface area contributed by atoms with Gasteiger partial charge in [0.05, 0.1) is 31.9 Å². The number of nitrogens with one attached hydrogen (secondary N) is 1. The fourth-order valence-electron chi connectivity index (χ4n) is 2.36. The molecule has 0 atom stereocenters. The molecular weight excluding hydrogens is 306 g/mol. The molecule has 0 fully saturated rings. The third-order valence-electron chi connectivity index (χ3n) is 3.60. The van der Waals surface area contributed by atoms with Crippen LogP contribution in [0.15, 0.2) is 24.3 Å². The Morgan fingerprint density at radius 3 is 2.50 bits per heavy atom. The summed E-state index contributed by atoms with van der Waals surface area (Å²) in [5.41, 5.74) is 2.80. The van der Waals surface area contributed by atoms with Gasteiger partial charge in [-0.1, -0.05) is 6.07 Å². The number of benzene rings is 1. The van der Waals surface area contributed by atoms with E-state index in [9.17, 15) is 4.79 Å². The molecule has 0 spiro atoms. The Labute approximate surface area is 142 Å². The molecule has 1 aromatic heterocycles. The smallest absolute Gasteiger partial charge is 0.224 e. The van der Waals surface area contributed by atoms with Crippen molar-refractivity contribution in [3.8, 4) is 11.5 Å². The van der Waals surface area contributed by atoms with Gasteiger partial charge in [-0.25, -0.2) is 0 Å².